The number of ether oxygens (including phenoxy) is 1. The second-order valence-corrected chi connectivity index (χ2v) is 10.7. The number of anilines is 1. The second-order valence-electron chi connectivity index (χ2n) is 7.06. The molecule has 1 fully saturated rings. The molecule has 1 N–H and O–H groups in total. The molecule has 0 aliphatic carbocycles. The van der Waals surface area contributed by atoms with Gasteiger partial charge in [-0.25, -0.2) is 21.6 Å². The molecular formula is C20H24N2O6S2. The SMILES string of the molecule is COC(=O)c1cc(S(=O)(=O)Nc2ccc(S(=O)(=O)N3CCCCC3)cc2)ccc1C. The molecule has 0 radical (unpaired) electrons. The van der Waals surface area contributed by atoms with Crippen LogP contribution < -0.4 is 4.72 Å². The highest BCUT2D eigenvalue weighted by Gasteiger charge is 2.26. The number of rotatable bonds is 6. The van der Waals surface area contributed by atoms with Crippen LogP contribution in [0.3, 0.4) is 0 Å². The van der Waals surface area contributed by atoms with Crippen molar-refractivity contribution in [2.24, 2.45) is 0 Å². The van der Waals surface area contributed by atoms with E-state index >= 15 is 0 Å². The number of nitrogens with zero attached hydrogens (tertiary/aromatic N) is 1. The Morgan fingerprint density at radius 3 is 2.13 bits per heavy atom. The summed E-state index contributed by atoms with van der Waals surface area (Å²) in [5.74, 6) is -0.628. The highest BCUT2D eigenvalue weighted by molar-refractivity contribution is 7.92. The molecule has 162 valence electrons. The number of piperidine rings is 1. The van der Waals surface area contributed by atoms with Gasteiger partial charge in [0.05, 0.1) is 22.5 Å². The van der Waals surface area contributed by atoms with Crippen molar-refractivity contribution in [3.05, 3.63) is 53.6 Å². The first-order chi connectivity index (χ1) is 14.1. The zero-order valence-corrected chi connectivity index (χ0v) is 18.4. The molecule has 0 aromatic heterocycles. The lowest BCUT2D eigenvalue weighted by atomic mass is 10.1. The Bertz CT molecular complexity index is 1140. The van der Waals surface area contributed by atoms with Crippen molar-refractivity contribution in [3.8, 4) is 0 Å². The third-order valence-electron chi connectivity index (χ3n) is 4.98. The number of nitrogens with one attached hydrogen (secondary N) is 1. The Hall–Kier alpha value is -2.43. The molecule has 0 spiro atoms. The Balaban J connectivity index is 1.82. The molecule has 8 nitrogen and oxygen atoms in total. The molecule has 2 aromatic carbocycles. The quantitative estimate of drug-likeness (QED) is 0.675. The van der Waals surface area contributed by atoms with Gasteiger partial charge in [-0.1, -0.05) is 12.5 Å². The first-order valence-electron chi connectivity index (χ1n) is 9.47. The van der Waals surface area contributed by atoms with Crippen molar-refractivity contribution < 1.29 is 26.4 Å². The molecule has 3 rings (SSSR count). The zero-order valence-electron chi connectivity index (χ0n) is 16.8. The summed E-state index contributed by atoms with van der Waals surface area (Å²) in [6.45, 7) is 2.66. The third-order valence-corrected chi connectivity index (χ3v) is 8.28. The molecule has 0 amide bonds. The van der Waals surface area contributed by atoms with E-state index in [2.05, 4.69) is 9.46 Å². The molecule has 2 aromatic rings. The van der Waals surface area contributed by atoms with Gasteiger partial charge in [0.15, 0.2) is 0 Å². The van der Waals surface area contributed by atoms with Gasteiger partial charge in [0.1, 0.15) is 0 Å². The average Bonchev–Trinajstić information content (AvgIpc) is 2.74. The van der Waals surface area contributed by atoms with Gasteiger partial charge in [-0.2, -0.15) is 4.31 Å². The van der Waals surface area contributed by atoms with Crippen LogP contribution >= 0.6 is 0 Å². The summed E-state index contributed by atoms with van der Waals surface area (Å²) in [5.41, 5.74) is 0.962. The van der Waals surface area contributed by atoms with E-state index in [9.17, 15) is 21.6 Å². The van der Waals surface area contributed by atoms with Crippen LogP contribution in [-0.2, 0) is 24.8 Å². The van der Waals surface area contributed by atoms with E-state index in [0.29, 0.717) is 18.7 Å². The topological polar surface area (TPSA) is 110 Å². The minimum Gasteiger partial charge on any atom is -0.465 e. The third kappa shape index (κ3) is 4.66. The summed E-state index contributed by atoms with van der Waals surface area (Å²) in [7, 11) is -6.35. The van der Waals surface area contributed by atoms with Gasteiger partial charge in [0.25, 0.3) is 10.0 Å². The van der Waals surface area contributed by atoms with Crippen LogP contribution in [0.1, 0.15) is 35.2 Å². The molecule has 10 heteroatoms. The number of hydrogen-bond acceptors (Lipinski definition) is 6. The van der Waals surface area contributed by atoms with Gasteiger partial charge >= 0.3 is 5.97 Å². The Kier molecular flexibility index (Phi) is 6.49. The molecule has 0 bridgehead atoms. The van der Waals surface area contributed by atoms with E-state index in [1.807, 2.05) is 0 Å². The van der Waals surface area contributed by atoms with Crippen molar-refractivity contribution in [1.82, 2.24) is 4.31 Å². The summed E-state index contributed by atoms with van der Waals surface area (Å²) in [4.78, 5) is 11.9. The summed E-state index contributed by atoms with van der Waals surface area (Å²) in [6, 6.07) is 9.74. The lowest BCUT2D eigenvalue weighted by molar-refractivity contribution is 0.0599. The van der Waals surface area contributed by atoms with Gasteiger partial charge in [-0.15, -0.1) is 0 Å². The fraction of sp³-hybridized carbons (Fsp3) is 0.350. The summed E-state index contributed by atoms with van der Waals surface area (Å²) >= 11 is 0. The first kappa shape index (κ1) is 22.3. The van der Waals surface area contributed by atoms with E-state index in [-0.39, 0.29) is 21.0 Å². The maximum Gasteiger partial charge on any atom is 0.338 e. The van der Waals surface area contributed by atoms with Crippen molar-refractivity contribution in [3.63, 3.8) is 0 Å². The van der Waals surface area contributed by atoms with Crippen LogP contribution in [0.25, 0.3) is 0 Å². The van der Waals surface area contributed by atoms with Crippen LogP contribution in [0, 0.1) is 6.92 Å². The summed E-state index contributed by atoms with van der Waals surface area (Å²) in [6.07, 6.45) is 2.69. The number of carbonyl (C=O) groups excluding carboxylic acids is 1. The van der Waals surface area contributed by atoms with E-state index in [4.69, 9.17) is 0 Å². The fourth-order valence-corrected chi connectivity index (χ4v) is 5.86. The maximum absolute atomic E-state index is 12.7. The van der Waals surface area contributed by atoms with E-state index in [1.165, 1.54) is 53.9 Å². The summed E-state index contributed by atoms with van der Waals surface area (Å²) < 4.78 is 59.4. The van der Waals surface area contributed by atoms with Crippen LogP contribution in [0.15, 0.2) is 52.3 Å². The van der Waals surface area contributed by atoms with Crippen LogP contribution in [0.4, 0.5) is 5.69 Å². The number of sulfonamides is 2. The van der Waals surface area contributed by atoms with Gasteiger partial charge in [-0.05, 0) is 61.7 Å². The molecular weight excluding hydrogens is 428 g/mol. The molecule has 0 unspecified atom stereocenters. The number of aryl methyl sites for hydroxylation is 1. The van der Waals surface area contributed by atoms with E-state index in [1.54, 1.807) is 6.92 Å². The number of hydrogen-bond donors (Lipinski definition) is 1. The number of methoxy groups -OCH3 is 1. The lowest BCUT2D eigenvalue weighted by Gasteiger charge is -2.25. The standard InChI is InChI=1S/C20H24N2O6S2/c1-15-6-9-18(14-19(15)20(23)28-2)29(24,25)21-16-7-10-17(11-8-16)30(26,27)22-12-4-3-5-13-22/h6-11,14,21H,3-5,12-13H2,1-2H3. The Morgan fingerprint density at radius 1 is 0.933 bits per heavy atom. The van der Waals surface area contributed by atoms with Gasteiger partial charge in [0, 0.05) is 18.8 Å². The number of benzene rings is 2. The van der Waals surface area contributed by atoms with Crippen molar-refractivity contribution >= 4 is 31.7 Å². The Labute approximate surface area is 177 Å². The van der Waals surface area contributed by atoms with E-state index in [0.717, 1.165) is 19.3 Å². The van der Waals surface area contributed by atoms with Crippen molar-refractivity contribution in [2.75, 3.05) is 24.9 Å². The van der Waals surface area contributed by atoms with Gasteiger partial charge < -0.3 is 4.74 Å². The lowest BCUT2D eigenvalue weighted by Crippen LogP contribution is -2.35. The fourth-order valence-electron chi connectivity index (χ4n) is 3.26. The molecule has 1 heterocycles. The second kappa shape index (κ2) is 8.75. The Morgan fingerprint density at radius 2 is 1.53 bits per heavy atom. The van der Waals surface area contributed by atoms with Gasteiger partial charge in [-0.3, -0.25) is 4.72 Å². The summed E-state index contributed by atoms with van der Waals surface area (Å²) in [5, 5.41) is 0. The molecule has 30 heavy (non-hydrogen) atoms. The highest BCUT2D eigenvalue weighted by Crippen LogP contribution is 2.24. The number of esters is 1. The van der Waals surface area contributed by atoms with Crippen LogP contribution in [0.5, 0.6) is 0 Å². The molecule has 1 aliphatic heterocycles. The minimum absolute atomic E-state index is 0.0986. The van der Waals surface area contributed by atoms with Crippen molar-refractivity contribution in [1.29, 1.82) is 0 Å². The molecule has 1 aliphatic rings. The number of carbonyl (C=O) groups is 1. The highest BCUT2D eigenvalue weighted by atomic mass is 32.2. The largest absolute Gasteiger partial charge is 0.465 e. The average molecular weight is 453 g/mol. The normalized spacial score (nSPS) is 15.5. The van der Waals surface area contributed by atoms with Crippen molar-refractivity contribution in [2.45, 2.75) is 36.0 Å². The minimum atomic E-state index is -3.98. The van der Waals surface area contributed by atoms with Gasteiger partial charge in [0.2, 0.25) is 10.0 Å². The predicted molar refractivity (Wildman–Crippen MR) is 112 cm³/mol. The molecule has 0 atom stereocenters. The van der Waals surface area contributed by atoms with Crippen LogP contribution in [0.2, 0.25) is 0 Å². The predicted octanol–water partition coefficient (Wildman–Crippen LogP) is 2.76. The maximum atomic E-state index is 12.7. The zero-order chi connectivity index (χ0) is 21.9. The first-order valence-corrected chi connectivity index (χ1v) is 12.4. The smallest absolute Gasteiger partial charge is 0.338 e. The molecule has 0 saturated carbocycles. The van der Waals surface area contributed by atoms with Crippen LogP contribution in [-0.4, -0.2) is 47.3 Å². The monoisotopic (exact) mass is 452 g/mol. The van der Waals surface area contributed by atoms with E-state index < -0.39 is 26.0 Å². The molecule has 1 saturated heterocycles.